The van der Waals surface area contributed by atoms with Crippen LogP contribution in [0.15, 0.2) is 56.0 Å². The molecule has 0 atom stereocenters. The molecule has 0 unspecified atom stereocenters. The first-order valence-corrected chi connectivity index (χ1v) is 8.94. The predicted molar refractivity (Wildman–Crippen MR) is 113 cm³/mol. The van der Waals surface area contributed by atoms with Crippen LogP contribution in [0.5, 0.6) is 0 Å². The lowest BCUT2D eigenvalue weighted by Crippen LogP contribution is -2.19. The van der Waals surface area contributed by atoms with Gasteiger partial charge >= 0.3 is 0 Å². The fraction of sp³-hybridized carbons (Fsp3) is 0.143. The summed E-state index contributed by atoms with van der Waals surface area (Å²) >= 11 is 6.36. The number of rotatable bonds is 7. The lowest BCUT2D eigenvalue weighted by Gasteiger charge is -2.20. The van der Waals surface area contributed by atoms with E-state index in [0.29, 0.717) is 10.8 Å². The van der Waals surface area contributed by atoms with Gasteiger partial charge in [0, 0.05) is 61.0 Å². The number of hydrogen-bond donors (Lipinski definition) is 2. The zero-order valence-electron chi connectivity index (χ0n) is 15.2. The summed E-state index contributed by atoms with van der Waals surface area (Å²) in [5, 5.41) is 0.527. The first-order valence-electron chi connectivity index (χ1n) is 8.56. The van der Waals surface area contributed by atoms with E-state index in [9.17, 15) is 0 Å². The Kier molecular flexibility index (Phi) is 5.62. The molecule has 3 rings (SSSR count). The second-order valence-electron chi connectivity index (χ2n) is 6.23. The molecule has 3 aromatic heterocycles. The zero-order valence-corrected chi connectivity index (χ0v) is 16.0. The molecular formula is C21H22ClN5. The van der Waals surface area contributed by atoms with Crippen molar-refractivity contribution in [3.05, 3.63) is 78.0 Å². The van der Waals surface area contributed by atoms with Crippen LogP contribution in [-0.4, -0.2) is 33.4 Å². The first-order chi connectivity index (χ1) is 13.0. The number of aromatic nitrogens is 3. The van der Waals surface area contributed by atoms with E-state index in [0.717, 1.165) is 46.7 Å². The van der Waals surface area contributed by atoms with Crippen LogP contribution in [-0.2, 0) is 6.42 Å². The van der Waals surface area contributed by atoms with Crippen molar-refractivity contribution in [1.29, 1.82) is 0 Å². The molecule has 3 heterocycles. The third-order valence-electron chi connectivity index (χ3n) is 4.48. The summed E-state index contributed by atoms with van der Waals surface area (Å²) in [6, 6.07) is 7.94. The van der Waals surface area contributed by atoms with E-state index in [-0.39, 0.29) is 0 Å². The fourth-order valence-electron chi connectivity index (χ4n) is 2.89. The number of hydrogen-bond acceptors (Lipinski definition) is 4. The van der Waals surface area contributed by atoms with E-state index in [4.69, 9.17) is 17.3 Å². The van der Waals surface area contributed by atoms with Gasteiger partial charge in [0.1, 0.15) is 5.82 Å². The van der Waals surface area contributed by atoms with Crippen LogP contribution in [0.1, 0.15) is 17.0 Å². The van der Waals surface area contributed by atoms with Crippen molar-refractivity contribution in [2.24, 2.45) is 0 Å². The lowest BCUT2D eigenvalue weighted by molar-refractivity contribution is 0.481. The minimum absolute atomic E-state index is 0.401. The molecule has 138 valence electrons. The average Bonchev–Trinajstić information content (AvgIpc) is 3.17. The highest BCUT2D eigenvalue weighted by molar-refractivity contribution is 6.33. The van der Waals surface area contributed by atoms with Crippen molar-refractivity contribution >= 4 is 29.2 Å². The van der Waals surface area contributed by atoms with Gasteiger partial charge < -0.3 is 15.6 Å². The highest BCUT2D eigenvalue weighted by Gasteiger charge is 2.15. The molecule has 0 bridgehead atoms. The first kappa shape index (κ1) is 18.7. The van der Waals surface area contributed by atoms with Gasteiger partial charge in [-0.05, 0) is 18.2 Å². The number of likely N-dealkylation sites (N-methyl/N-ethyl adjacent to an activating group) is 1. The summed E-state index contributed by atoms with van der Waals surface area (Å²) in [5.41, 5.74) is 11.3. The Bertz CT molecular complexity index is 962. The Morgan fingerprint density at radius 3 is 2.89 bits per heavy atom. The van der Waals surface area contributed by atoms with Crippen LogP contribution >= 0.6 is 11.6 Å². The van der Waals surface area contributed by atoms with E-state index in [1.165, 1.54) is 0 Å². The highest BCUT2D eigenvalue weighted by Crippen LogP contribution is 2.35. The molecule has 27 heavy (non-hydrogen) atoms. The van der Waals surface area contributed by atoms with Crippen LogP contribution in [0, 0.1) is 0 Å². The lowest BCUT2D eigenvalue weighted by atomic mass is 10.0. The van der Waals surface area contributed by atoms with Crippen molar-refractivity contribution in [3.63, 3.8) is 0 Å². The van der Waals surface area contributed by atoms with Gasteiger partial charge in [-0.2, -0.15) is 0 Å². The number of nitrogen functional groups attached to an aromatic ring is 1. The van der Waals surface area contributed by atoms with Crippen LogP contribution < -0.4 is 5.73 Å². The minimum atomic E-state index is 0.401. The smallest absolute Gasteiger partial charge is 0.131 e. The molecule has 0 aliphatic heterocycles. The fourth-order valence-corrected chi connectivity index (χ4v) is 3.15. The monoisotopic (exact) mass is 379 g/mol. The second kappa shape index (κ2) is 8.10. The maximum Gasteiger partial charge on any atom is 0.131 e. The minimum Gasteiger partial charge on any atom is -0.383 e. The van der Waals surface area contributed by atoms with Gasteiger partial charge in [-0.1, -0.05) is 36.9 Å². The van der Waals surface area contributed by atoms with Gasteiger partial charge in [0.25, 0.3) is 0 Å². The molecule has 0 aliphatic carbocycles. The maximum absolute atomic E-state index is 6.36. The Labute approximate surface area is 164 Å². The van der Waals surface area contributed by atoms with Crippen molar-refractivity contribution < 1.29 is 0 Å². The van der Waals surface area contributed by atoms with Crippen molar-refractivity contribution in [1.82, 2.24) is 19.9 Å². The summed E-state index contributed by atoms with van der Waals surface area (Å²) in [5.74, 6) is 0.401. The van der Waals surface area contributed by atoms with Crippen LogP contribution in [0.4, 0.5) is 5.82 Å². The normalized spacial score (nSPS) is 10.6. The summed E-state index contributed by atoms with van der Waals surface area (Å²) < 4.78 is 0. The molecule has 0 saturated carbocycles. The van der Waals surface area contributed by atoms with E-state index >= 15 is 0 Å². The molecule has 0 radical (unpaired) electrons. The molecule has 0 aromatic carbocycles. The van der Waals surface area contributed by atoms with E-state index in [1.807, 2.05) is 43.7 Å². The van der Waals surface area contributed by atoms with Crippen molar-refractivity contribution in [2.75, 3.05) is 19.3 Å². The van der Waals surface area contributed by atoms with Gasteiger partial charge in [0.15, 0.2) is 0 Å². The molecule has 5 nitrogen and oxygen atoms in total. The Morgan fingerprint density at radius 2 is 2.19 bits per heavy atom. The number of halogens is 1. The standard InChI is InChI=1S/C21H22ClN5/c1-4-17-20(18(22)13-26-21(17)23)15-11-19(25-12-15)14(2)27(3)10-8-16-7-5-6-9-24-16/h4-7,9,11-13,25H,1-2,8,10H2,3H3,(H2,23,26). The molecule has 0 spiro atoms. The molecule has 0 fully saturated rings. The molecule has 3 N–H and O–H groups in total. The number of nitrogens with one attached hydrogen (secondary N) is 1. The zero-order chi connectivity index (χ0) is 19.4. The number of pyridine rings is 2. The molecular weight excluding hydrogens is 358 g/mol. The number of H-pyrrole nitrogens is 1. The van der Waals surface area contributed by atoms with E-state index < -0.39 is 0 Å². The van der Waals surface area contributed by atoms with Crippen LogP contribution in [0.2, 0.25) is 5.02 Å². The third-order valence-corrected chi connectivity index (χ3v) is 4.76. The molecule has 0 amide bonds. The summed E-state index contributed by atoms with van der Waals surface area (Å²) in [6.07, 6.45) is 7.77. The van der Waals surface area contributed by atoms with Gasteiger partial charge in [-0.25, -0.2) is 4.98 Å². The molecule has 0 saturated heterocycles. The van der Waals surface area contributed by atoms with Crippen LogP contribution in [0.3, 0.4) is 0 Å². The number of nitrogens with zero attached hydrogens (tertiary/aromatic N) is 3. The molecule has 6 heteroatoms. The summed E-state index contributed by atoms with van der Waals surface area (Å²) in [7, 11) is 2.01. The highest BCUT2D eigenvalue weighted by atomic mass is 35.5. The molecule has 3 aromatic rings. The van der Waals surface area contributed by atoms with Gasteiger partial charge in [0.2, 0.25) is 0 Å². The topological polar surface area (TPSA) is 70.8 Å². The number of nitrogens with two attached hydrogens (primary N) is 1. The van der Waals surface area contributed by atoms with Gasteiger partial charge in [0.05, 0.1) is 16.4 Å². The van der Waals surface area contributed by atoms with E-state index in [1.54, 1.807) is 12.3 Å². The van der Waals surface area contributed by atoms with Crippen LogP contribution in [0.25, 0.3) is 22.9 Å². The maximum atomic E-state index is 6.36. The van der Waals surface area contributed by atoms with Crippen molar-refractivity contribution in [2.45, 2.75) is 6.42 Å². The Balaban J connectivity index is 1.78. The number of aromatic amines is 1. The summed E-state index contributed by atoms with van der Waals surface area (Å²) in [6.45, 7) is 8.84. The largest absolute Gasteiger partial charge is 0.383 e. The second-order valence-corrected chi connectivity index (χ2v) is 6.63. The quantitative estimate of drug-likeness (QED) is 0.634. The van der Waals surface area contributed by atoms with Gasteiger partial charge in [-0.3, -0.25) is 4.98 Å². The third kappa shape index (κ3) is 4.04. The predicted octanol–water partition coefficient (Wildman–Crippen LogP) is 4.50. The average molecular weight is 380 g/mol. The Morgan fingerprint density at radius 1 is 1.37 bits per heavy atom. The van der Waals surface area contributed by atoms with Crippen molar-refractivity contribution in [3.8, 4) is 11.1 Å². The van der Waals surface area contributed by atoms with Gasteiger partial charge in [-0.15, -0.1) is 0 Å². The number of anilines is 1. The molecule has 0 aliphatic rings. The van der Waals surface area contributed by atoms with E-state index in [2.05, 4.69) is 33.0 Å². The Hall–Kier alpha value is -3.05. The SMILES string of the molecule is C=Cc1c(N)ncc(Cl)c1-c1c[nH]c(C(=C)N(C)CCc2ccccn2)c1. The summed E-state index contributed by atoms with van der Waals surface area (Å²) in [4.78, 5) is 13.8.